The SMILES string of the molecule is C#CCn1c(=O)oc2cc(Cl)c(-c3ccc(C(F)(F)F)n(C)c3=O)cc21. The monoisotopic (exact) mass is 382 g/mol. The van der Waals surface area contributed by atoms with Crippen molar-refractivity contribution >= 4 is 22.7 Å². The van der Waals surface area contributed by atoms with E-state index in [0.717, 1.165) is 23.7 Å². The van der Waals surface area contributed by atoms with Gasteiger partial charge in [-0.3, -0.25) is 9.36 Å². The van der Waals surface area contributed by atoms with Gasteiger partial charge >= 0.3 is 11.9 Å². The van der Waals surface area contributed by atoms with Crippen LogP contribution in [0.25, 0.3) is 22.2 Å². The van der Waals surface area contributed by atoms with E-state index in [4.69, 9.17) is 22.4 Å². The first kappa shape index (κ1) is 17.9. The van der Waals surface area contributed by atoms with Crippen molar-refractivity contribution in [3.05, 3.63) is 55.9 Å². The maximum Gasteiger partial charge on any atom is 0.431 e. The molecule has 0 amide bonds. The van der Waals surface area contributed by atoms with Crippen LogP contribution in [0.1, 0.15) is 5.69 Å². The van der Waals surface area contributed by atoms with Gasteiger partial charge in [-0.15, -0.1) is 6.42 Å². The highest BCUT2D eigenvalue weighted by atomic mass is 35.5. The lowest BCUT2D eigenvalue weighted by Gasteiger charge is -2.13. The Morgan fingerprint density at radius 2 is 1.92 bits per heavy atom. The van der Waals surface area contributed by atoms with E-state index in [9.17, 15) is 22.8 Å². The molecule has 0 saturated carbocycles. The van der Waals surface area contributed by atoms with Gasteiger partial charge in [-0.25, -0.2) is 4.79 Å². The summed E-state index contributed by atoms with van der Waals surface area (Å²) < 4.78 is 45.5. The van der Waals surface area contributed by atoms with Gasteiger partial charge in [0.05, 0.1) is 17.1 Å². The summed E-state index contributed by atoms with van der Waals surface area (Å²) in [6, 6.07) is 4.55. The van der Waals surface area contributed by atoms with E-state index in [0.29, 0.717) is 4.57 Å². The third-order valence-corrected chi connectivity index (χ3v) is 4.20. The smallest absolute Gasteiger partial charge is 0.408 e. The molecular weight excluding hydrogens is 373 g/mol. The number of hydrogen-bond donors (Lipinski definition) is 0. The molecule has 5 nitrogen and oxygen atoms in total. The summed E-state index contributed by atoms with van der Waals surface area (Å²) in [7, 11) is 1.02. The lowest BCUT2D eigenvalue weighted by molar-refractivity contribution is -0.143. The first-order chi connectivity index (χ1) is 12.1. The Hall–Kier alpha value is -2.92. The first-order valence-corrected chi connectivity index (χ1v) is 7.57. The van der Waals surface area contributed by atoms with E-state index in [2.05, 4.69) is 5.92 Å². The molecule has 3 rings (SSSR count). The molecule has 0 radical (unpaired) electrons. The second kappa shape index (κ2) is 6.11. The molecule has 0 unspecified atom stereocenters. The number of hydrogen-bond acceptors (Lipinski definition) is 3. The van der Waals surface area contributed by atoms with E-state index >= 15 is 0 Å². The summed E-state index contributed by atoms with van der Waals surface area (Å²) in [4.78, 5) is 24.3. The fraction of sp³-hybridized carbons (Fsp3) is 0.176. The number of aromatic nitrogens is 2. The topological polar surface area (TPSA) is 57.1 Å². The Balaban J connectivity index is 2.29. The molecule has 1 aromatic carbocycles. The number of terminal acetylenes is 1. The van der Waals surface area contributed by atoms with Gasteiger partial charge in [0.25, 0.3) is 5.56 Å². The van der Waals surface area contributed by atoms with E-state index in [1.54, 1.807) is 0 Å². The van der Waals surface area contributed by atoms with E-state index in [1.165, 1.54) is 12.1 Å². The van der Waals surface area contributed by atoms with Crippen LogP contribution in [0.15, 0.2) is 38.3 Å². The number of rotatable bonds is 2. The van der Waals surface area contributed by atoms with Crippen molar-refractivity contribution in [2.75, 3.05) is 0 Å². The number of halogens is 4. The third-order valence-electron chi connectivity index (χ3n) is 3.89. The fourth-order valence-corrected chi connectivity index (χ4v) is 2.91. The van der Waals surface area contributed by atoms with Crippen LogP contribution in [0.3, 0.4) is 0 Å². The molecule has 9 heteroatoms. The largest absolute Gasteiger partial charge is 0.431 e. The zero-order valence-corrected chi connectivity index (χ0v) is 14.0. The van der Waals surface area contributed by atoms with Crippen molar-refractivity contribution in [2.24, 2.45) is 7.05 Å². The number of oxazole rings is 1. The Labute approximate surface area is 149 Å². The molecule has 0 saturated heterocycles. The van der Waals surface area contributed by atoms with Gasteiger partial charge in [0, 0.05) is 24.2 Å². The van der Waals surface area contributed by atoms with Gasteiger partial charge in [-0.2, -0.15) is 13.2 Å². The molecule has 26 heavy (non-hydrogen) atoms. The normalized spacial score (nSPS) is 11.7. The predicted molar refractivity (Wildman–Crippen MR) is 90.0 cm³/mol. The van der Waals surface area contributed by atoms with Crippen LogP contribution in [0.4, 0.5) is 13.2 Å². The second-order valence-corrected chi connectivity index (χ2v) is 5.86. The Morgan fingerprint density at radius 3 is 2.54 bits per heavy atom. The van der Waals surface area contributed by atoms with Crippen LogP contribution in [-0.2, 0) is 19.8 Å². The summed E-state index contributed by atoms with van der Waals surface area (Å²) >= 11 is 6.15. The Kier molecular flexibility index (Phi) is 4.20. The average Bonchev–Trinajstić information content (AvgIpc) is 2.83. The zero-order chi connectivity index (χ0) is 19.2. The quantitative estimate of drug-likeness (QED) is 0.639. The molecule has 0 aliphatic carbocycles. The number of benzene rings is 1. The van der Waals surface area contributed by atoms with Crippen LogP contribution in [0.5, 0.6) is 0 Å². The lowest BCUT2D eigenvalue weighted by atomic mass is 10.1. The summed E-state index contributed by atoms with van der Waals surface area (Å²) in [6.07, 6.45) is 0.554. The number of pyridine rings is 1. The maximum atomic E-state index is 12.9. The van der Waals surface area contributed by atoms with Crippen LogP contribution < -0.4 is 11.3 Å². The number of fused-ring (bicyclic) bond motifs is 1. The maximum absolute atomic E-state index is 12.9. The van der Waals surface area contributed by atoms with Gasteiger partial charge in [0.15, 0.2) is 5.58 Å². The molecule has 0 spiro atoms. The van der Waals surface area contributed by atoms with E-state index in [1.807, 2.05) is 0 Å². The number of nitrogens with zero attached hydrogens (tertiary/aromatic N) is 2. The van der Waals surface area contributed by atoms with Crippen LogP contribution in [0.2, 0.25) is 5.02 Å². The highest BCUT2D eigenvalue weighted by Crippen LogP contribution is 2.33. The molecule has 134 valence electrons. The van der Waals surface area contributed by atoms with Crippen LogP contribution >= 0.6 is 11.6 Å². The summed E-state index contributed by atoms with van der Waals surface area (Å²) in [5.74, 6) is 1.60. The van der Waals surface area contributed by atoms with Crippen molar-refractivity contribution < 1.29 is 17.6 Å². The summed E-state index contributed by atoms with van der Waals surface area (Å²) in [5, 5.41) is 0.0518. The van der Waals surface area contributed by atoms with Crippen molar-refractivity contribution in [2.45, 2.75) is 12.7 Å². The van der Waals surface area contributed by atoms with Gasteiger partial charge in [0.1, 0.15) is 5.69 Å². The molecule has 3 aromatic rings. The Morgan fingerprint density at radius 1 is 1.23 bits per heavy atom. The van der Waals surface area contributed by atoms with Crippen molar-refractivity contribution in [1.82, 2.24) is 9.13 Å². The molecule has 0 aliphatic rings. The third kappa shape index (κ3) is 2.80. The minimum absolute atomic E-state index is 0.0479. The predicted octanol–water partition coefficient (Wildman–Crippen LogP) is 3.27. The van der Waals surface area contributed by atoms with Crippen molar-refractivity contribution in [3.8, 4) is 23.5 Å². The standard InChI is InChI=1S/C17H10ClF3N2O3/c1-3-6-23-12-7-10(11(18)8-13(12)26-16(23)25)9-4-5-14(17(19,20)21)22(2)15(9)24/h1,4-5,7-8H,6H2,2H3. The van der Waals surface area contributed by atoms with Gasteiger partial charge in [0.2, 0.25) is 0 Å². The molecule has 0 N–H and O–H groups in total. The summed E-state index contributed by atoms with van der Waals surface area (Å²) in [6.45, 7) is -0.0715. The molecule has 2 heterocycles. The van der Waals surface area contributed by atoms with E-state index < -0.39 is 23.2 Å². The van der Waals surface area contributed by atoms with Crippen molar-refractivity contribution in [1.29, 1.82) is 0 Å². The molecule has 0 aliphatic heterocycles. The van der Waals surface area contributed by atoms with Crippen molar-refractivity contribution in [3.63, 3.8) is 0 Å². The van der Waals surface area contributed by atoms with Gasteiger partial charge < -0.3 is 8.98 Å². The van der Waals surface area contributed by atoms with Crippen LogP contribution in [-0.4, -0.2) is 9.13 Å². The molecule has 2 aromatic heterocycles. The number of alkyl halides is 3. The molecular formula is C17H10ClF3N2O3. The highest BCUT2D eigenvalue weighted by molar-refractivity contribution is 6.34. The van der Waals surface area contributed by atoms with Gasteiger partial charge in [-0.1, -0.05) is 17.5 Å². The van der Waals surface area contributed by atoms with Crippen LogP contribution in [0, 0.1) is 12.3 Å². The lowest BCUT2D eigenvalue weighted by Crippen LogP contribution is -2.26. The molecule has 0 fully saturated rings. The highest BCUT2D eigenvalue weighted by Gasteiger charge is 2.34. The minimum atomic E-state index is -4.67. The molecule has 0 bridgehead atoms. The molecule has 0 atom stereocenters. The summed E-state index contributed by atoms with van der Waals surface area (Å²) in [5.41, 5.74) is -1.41. The van der Waals surface area contributed by atoms with Gasteiger partial charge in [-0.05, 0) is 18.2 Å². The second-order valence-electron chi connectivity index (χ2n) is 5.45. The average molecular weight is 383 g/mol. The first-order valence-electron chi connectivity index (χ1n) is 7.19. The zero-order valence-electron chi connectivity index (χ0n) is 13.2. The Bertz CT molecular complexity index is 1180. The van der Waals surface area contributed by atoms with E-state index in [-0.39, 0.29) is 33.8 Å². The fourth-order valence-electron chi connectivity index (χ4n) is 2.66. The minimum Gasteiger partial charge on any atom is -0.408 e.